The molecule has 11 heteroatoms. The van der Waals surface area contributed by atoms with E-state index in [-0.39, 0.29) is 23.2 Å². The summed E-state index contributed by atoms with van der Waals surface area (Å²) in [5.74, 6) is 0.185. The van der Waals surface area contributed by atoms with E-state index in [0.29, 0.717) is 17.1 Å². The van der Waals surface area contributed by atoms with Crippen LogP contribution < -0.4 is 21.5 Å². The number of nitrogens with one attached hydrogen (secondary N) is 3. The monoisotopic (exact) mass is 695 g/mol. The van der Waals surface area contributed by atoms with Gasteiger partial charge in [0.1, 0.15) is 6.04 Å². The second-order valence-electron chi connectivity index (χ2n) is 13.3. The molecule has 6 rings (SSSR count). The van der Waals surface area contributed by atoms with Gasteiger partial charge in [0.15, 0.2) is 5.82 Å². The van der Waals surface area contributed by atoms with Crippen LogP contribution in [0.4, 0.5) is 17.2 Å². The number of thiophene rings is 1. The lowest BCUT2D eigenvalue weighted by molar-refractivity contribution is -0.135. The van der Waals surface area contributed by atoms with E-state index in [9.17, 15) is 14.4 Å². The molecule has 1 unspecified atom stereocenters. The zero-order chi connectivity index (χ0) is 35.2. The molecule has 2 amide bonds. The smallest absolute Gasteiger partial charge is 0.293 e. The fourth-order valence-corrected chi connectivity index (χ4v) is 7.98. The van der Waals surface area contributed by atoms with Gasteiger partial charge in [0, 0.05) is 61.2 Å². The number of aromatic nitrogens is 2. The SMILES string of the molecule is CCCNC(C(=O)N1CCN(CC)CC1)c1ccc(Nc2nc(-c3cccc(NC(=O)c4cc5c(s4)CCCCC5)c3C)cn(C)c2=O)cc1. The number of fused-ring (bicyclic) bond motifs is 1. The van der Waals surface area contributed by atoms with Gasteiger partial charge in [0.05, 0.1) is 10.6 Å². The number of anilines is 3. The number of carbonyl (C=O) groups excluding carboxylic acids is 2. The topological polar surface area (TPSA) is 112 Å². The molecule has 2 aliphatic rings. The molecule has 2 aromatic heterocycles. The Labute approximate surface area is 298 Å². The molecular weight excluding hydrogens is 647 g/mol. The largest absolute Gasteiger partial charge is 0.338 e. The van der Waals surface area contributed by atoms with Crippen LogP contribution >= 0.6 is 11.3 Å². The average molecular weight is 696 g/mol. The number of hydrogen-bond acceptors (Lipinski definition) is 8. The standard InChI is InChI=1S/C39H49N7O3S/c1-5-19-40-35(38(48)46-22-20-45(6-2)21-23-46)27-15-17-29(18-16-27)41-36-39(49)44(4)25-32(42-36)30-12-10-13-31(26(30)3)43-37(47)34-24-28-11-8-7-9-14-33(28)50-34/h10,12-13,15-18,24-25,35,40H,5-9,11,14,19-23H2,1-4H3,(H,41,42)(H,43,47). The molecule has 3 N–H and O–H groups in total. The van der Waals surface area contributed by atoms with E-state index >= 15 is 0 Å². The van der Waals surface area contributed by atoms with E-state index < -0.39 is 6.04 Å². The molecule has 0 radical (unpaired) electrons. The third-order valence-corrected chi connectivity index (χ3v) is 11.1. The molecule has 1 saturated heterocycles. The summed E-state index contributed by atoms with van der Waals surface area (Å²) in [6.07, 6.45) is 8.33. The van der Waals surface area contributed by atoms with Gasteiger partial charge >= 0.3 is 0 Å². The van der Waals surface area contributed by atoms with Crippen LogP contribution in [0.5, 0.6) is 0 Å². The van der Waals surface area contributed by atoms with Crippen LogP contribution in [0.2, 0.25) is 0 Å². The van der Waals surface area contributed by atoms with Crippen molar-refractivity contribution in [3.63, 3.8) is 0 Å². The summed E-state index contributed by atoms with van der Waals surface area (Å²) in [7, 11) is 1.71. The minimum absolute atomic E-state index is 0.0943. The van der Waals surface area contributed by atoms with Crippen LogP contribution in [0.15, 0.2) is 59.5 Å². The molecule has 0 spiro atoms. The summed E-state index contributed by atoms with van der Waals surface area (Å²) in [5.41, 5.74) is 5.64. The number of benzene rings is 2. The number of piperazine rings is 1. The Bertz CT molecular complexity index is 1850. The lowest BCUT2D eigenvalue weighted by Crippen LogP contribution is -2.51. The van der Waals surface area contributed by atoms with Crippen LogP contribution in [0.1, 0.15) is 76.8 Å². The zero-order valence-electron chi connectivity index (χ0n) is 29.7. The van der Waals surface area contributed by atoms with Crippen molar-refractivity contribution in [3.05, 3.63) is 91.5 Å². The Morgan fingerprint density at radius 1 is 0.980 bits per heavy atom. The number of nitrogens with zero attached hydrogens (tertiary/aromatic N) is 4. The average Bonchev–Trinajstić information content (AvgIpc) is 3.41. The van der Waals surface area contributed by atoms with Gasteiger partial charge in [0.2, 0.25) is 5.91 Å². The van der Waals surface area contributed by atoms with Gasteiger partial charge in [-0.1, -0.05) is 44.5 Å². The summed E-state index contributed by atoms with van der Waals surface area (Å²) in [6.45, 7) is 11.2. The summed E-state index contributed by atoms with van der Waals surface area (Å²) in [5, 5.41) is 9.79. The van der Waals surface area contributed by atoms with Crippen LogP contribution in [-0.2, 0) is 24.7 Å². The highest BCUT2D eigenvalue weighted by molar-refractivity contribution is 7.14. The molecule has 264 valence electrons. The Balaban J connectivity index is 1.19. The van der Waals surface area contributed by atoms with Crippen molar-refractivity contribution in [2.24, 2.45) is 7.05 Å². The van der Waals surface area contributed by atoms with Crippen molar-refractivity contribution in [2.45, 2.75) is 65.3 Å². The first-order valence-electron chi connectivity index (χ1n) is 18.0. The molecule has 3 heterocycles. The van der Waals surface area contributed by atoms with Gasteiger partial charge in [0.25, 0.3) is 11.5 Å². The second kappa shape index (κ2) is 16.1. The molecule has 4 aromatic rings. The van der Waals surface area contributed by atoms with Crippen molar-refractivity contribution in [1.29, 1.82) is 0 Å². The molecule has 1 aliphatic carbocycles. The van der Waals surface area contributed by atoms with E-state index in [1.165, 1.54) is 34.3 Å². The quantitative estimate of drug-likeness (QED) is 0.158. The predicted octanol–water partition coefficient (Wildman–Crippen LogP) is 6.29. The van der Waals surface area contributed by atoms with E-state index in [0.717, 1.165) is 80.1 Å². The summed E-state index contributed by atoms with van der Waals surface area (Å²) >= 11 is 1.61. The summed E-state index contributed by atoms with van der Waals surface area (Å²) < 4.78 is 1.52. The Morgan fingerprint density at radius 3 is 2.48 bits per heavy atom. The molecule has 1 aliphatic heterocycles. The van der Waals surface area contributed by atoms with Gasteiger partial charge < -0.3 is 30.3 Å². The Hall–Kier alpha value is -4.32. The normalized spacial score (nSPS) is 15.6. The highest BCUT2D eigenvalue weighted by Crippen LogP contribution is 2.32. The lowest BCUT2D eigenvalue weighted by atomic mass is 10.0. The molecule has 0 saturated carbocycles. The van der Waals surface area contributed by atoms with Crippen LogP contribution in [0.25, 0.3) is 11.3 Å². The fourth-order valence-electron chi connectivity index (χ4n) is 6.83. The molecule has 1 fully saturated rings. The van der Waals surface area contributed by atoms with E-state index in [1.54, 1.807) is 24.6 Å². The summed E-state index contributed by atoms with van der Waals surface area (Å²) in [4.78, 5) is 51.4. The van der Waals surface area contributed by atoms with Crippen molar-refractivity contribution in [1.82, 2.24) is 24.7 Å². The van der Waals surface area contributed by atoms with Crippen LogP contribution in [0, 0.1) is 6.92 Å². The number of likely N-dealkylation sites (N-methyl/N-ethyl adjacent to an activating group) is 1. The van der Waals surface area contributed by atoms with Crippen molar-refractivity contribution in [2.75, 3.05) is 49.9 Å². The minimum atomic E-state index is -0.433. The number of rotatable bonds is 11. The zero-order valence-corrected chi connectivity index (χ0v) is 30.5. The van der Waals surface area contributed by atoms with Crippen LogP contribution in [-0.4, -0.2) is 70.4 Å². The summed E-state index contributed by atoms with van der Waals surface area (Å²) in [6, 6.07) is 15.0. The molecule has 50 heavy (non-hydrogen) atoms. The van der Waals surface area contributed by atoms with Gasteiger partial charge in [-0.3, -0.25) is 14.4 Å². The predicted molar refractivity (Wildman–Crippen MR) is 203 cm³/mol. The molecule has 10 nitrogen and oxygen atoms in total. The van der Waals surface area contributed by atoms with E-state index in [2.05, 4.69) is 40.8 Å². The van der Waals surface area contributed by atoms with E-state index in [1.807, 2.05) is 54.3 Å². The van der Waals surface area contributed by atoms with Gasteiger partial charge in [-0.15, -0.1) is 11.3 Å². The molecular formula is C39H49N7O3S. The minimum Gasteiger partial charge on any atom is -0.338 e. The van der Waals surface area contributed by atoms with E-state index in [4.69, 9.17) is 4.98 Å². The third-order valence-electron chi connectivity index (χ3n) is 9.88. The maximum atomic E-state index is 13.6. The maximum Gasteiger partial charge on any atom is 0.293 e. The third kappa shape index (κ3) is 8.01. The van der Waals surface area contributed by atoms with Crippen molar-refractivity contribution < 1.29 is 9.59 Å². The van der Waals surface area contributed by atoms with Crippen LogP contribution in [0.3, 0.4) is 0 Å². The number of carbonyl (C=O) groups is 2. The van der Waals surface area contributed by atoms with Gasteiger partial charge in [-0.25, -0.2) is 4.98 Å². The Kier molecular flexibility index (Phi) is 11.5. The molecule has 0 bridgehead atoms. The first kappa shape index (κ1) is 35.5. The fraction of sp³-hybridized carbons (Fsp3) is 0.436. The Morgan fingerprint density at radius 2 is 1.74 bits per heavy atom. The number of hydrogen-bond donors (Lipinski definition) is 3. The van der Waals surface area contributed by atoms with Crippen molar-refractivity contribution in [3.8, 4) is 11.3 Å². The second-order valence-corrected chi connectivity index (χ2v) is 14.5. The van der Waals surface area contributed by atoms with Gasteiger partial charge in [-0.2, -0.15) is 0 Å². The molecule has 2 aromatic carbocycles. The molecule has 1 atom stereocenters. The van der Waals surface area contributed by atoms with Crippen molar-refractivity contribution >= 4 is 40.3 Å². The highest BCUT2D eigenvalue weighted by Gasteiger charge is 2.28. The first-order valence-corrected chi connectivity index (χ1v) is 18.8. The van der Waals surface area contributed by atoms with Gasteiger partial charge in [-0.05, 0) is 93.1 Å². The maximum absolute atomic E-state index is 13.6. The lowest BCUT2D eigenvalue weighted by Gasteiger charge is -2.36. The number of amides is 2. The highest BCUT2D eigenvalue weighted by atomic mass is 32.1. The number of aryl methyl sites for hydroxylation is 3. The first-order chi connectivity index (χ1) is 24.2.